The van der Waals surface area contributed by atoms with Crippen molar-refractivity contribution < 1.29 is 9.13 Å². The lowest BCUT2D eigenvalue weighted by Gasteiger charge is -2.32. The maximum absolute atomic E-state index is 13.4. The predicted molar refractivity (Wildman–Crippen MR) is 129 cm³/mol. The lowest BCUT2D eigenvalue weighted by Crippen LogP contribution is -2.48. The molecular weight excluding hydrogens is 496 g/mol. The fourth-order valence-corrected chi connectivity index (χ4v) is 3.48. The monoisotopic (exact) mass is 527 g/mol. The molecule has 1 aromatic carbocycles. The Bertz CT molecular complexity index is 812. The second-order valence-electron chi connectivity index (χ2n) is 7.21. The van der Waals surface area contributed by atoms with E-state index < -0.39 is 0 Å². The zero-order valence-electron chi connectivity index (χ0n) is 17.6. The summed E-state index contributed by atoms with van der Waals surface area (Å²) >= 11 is 0. The van der Waals surface area contributed by atoms with Crippen LogP contribution in [0.1, 0.15) is 31.7 Å². The number of aliphatic imine (C=N–C) groups is 1. The molecule has 1 aliphatic rings. The highest BCUT2D eigenvalue weighted by Gasteiger charge is 2.19. The van der Waals surface area contributed by atoms with Crippen molar-refractivity contribution in [3.05, 3.63) is 54.0 Å². The smallest absolute Gasteiger partial charge is 0.224 e. The van der Waals surface area contributed by atoms with Gasteiger partial charge in [0, 0.05) is 50.6 Å². The molecule has 2 heterocycles. The van der Waals surface area contributed by atoms with Crippen molar-refractivity contribution in [3.8, 4) is 11.6 Å². The van der Waals surface area contributed by atoms with Crippen LogP contribution in [0.3, 0.4) is 0 Å². The fraction of sp³-hybridized carbons (Fsp3) is 0.455. The van der Waals surface area contributed by atoms with Gasteiger partial charge in [-0.05, 0) is 44.0 Å². The number of likely N-dealkylation sites (tertiary alicyclic amines) is 1. The summed E-state index contributed by atoms with van der Waals surface area (Å²) in [6, 6.07) is 10.3. The quantitative estimate of drug-likeness (QED) is 0.322. The van der Waals surface area contributed by atoms with Gasteiger partial charge >= 0.3 is 0 Å². The van der Waals surface area contributed by atoms with Crippen LogP contribution in [-0.2, 0) is 6.54 Å². The Balaban J connectivity index is 0.00000320. The molecule has 1 saturated heterocycles. The molecule has 3 rings (SSSR count). The molecule has 6 nitrogen and oxygen atoms in total. The van der Waals surface area contributed by atoms with Gasteiger partial charge < -0.3 is 20.3 Å². The summed E-state index contributed by atoms with van der Waals surface area (Å²) in [6.45, 7) is 6.15. The van der Waals surface area contributed by atoms with Crippen LogP contribution in [0.15, 0.2) is 47.6 Å². The van der Waals surface area contributed by atoms with Gasteiger partial charge in [0.25, 0.3) is 0 Å². The van der Waals surface area contributed by atoms with E-state index in [0.717, 1.165) is 37.5 Å². The van der Waals surface area contributed by atoms with E-state index in [1.54, 1.807) is 25.4 Å². The minimum Gasteiger partial charge on any atom is -0.439 e. The number of nitrogens with zero attached hydrogens (tertiary/aromatic N) is 3. The van der Waals surface area contributed by atoms with E-state index in [1.807, 2.05) is 12.1 Å². The van der Waals surface area contributed by atoms with Crippen LogP contribution in [0.25, 0.3) is 0 Å². The minimum absolute atomic E-state index is 0. The fourth-order valence-electron chi connectivity index (χ4n) is 3.48. The number of ether oxygens (including phenoxy) is 1. The lowest BCUT2D eigenvalue weighted by molar-refractivity contribution is 0.206. The molecule has 0 spiro atoms. The average Bonchev–Trinajstić information content (AvgIpc) is 2.73. The van der Waals surface area contributed by atoms with Crippen molar-refractivity contribution in [2.24, 2.45) is 4.99 Å². The average molecular weight is 527 g/mol. The lowest BCUT2D eigenvalue weighted by atomic mass is 10.1. The zero-order chi connectivity index (χ0) is 20.5. The van der Waals surface area contributed by atoms with Gasteiger partial charge in [-0.25, -0.2) is 9.37 Å². The van der Waals surface area contributed by atoms with Crippen LogP contribution >= 0.6 is 24.0 Å². The van der Waals surface area contributed by atoms with Gasteiger partial charge in [0.15, 0.2) is 5.96 Å². The van der Waals surface area contributed by atoms with Crippen molar-refractivity contribution in [1.29, 1.82) is 0 Å². The Morgan fingerprint density at radius 1 is 1.27 bits per heavy atom. The summed E-state index contributed by atoms with van der Waals surface area (Å²) in [7, 11) is 1.77. The maximum Gasteiger partial charge on any atom is 0.224 e. The van der Waals surface area contributed by atoms with E-state index in [4.69, 9.17) is 4.74 Å². The molecule has 30 heavy (non-hydrogen) atoms. The summed E-state index contributed by atoms with van der Waals surface area (Å²) < 4.78 is 19.2. The second-order valence-corrected chi connectivity index (χ2v) is 7.21. The first kappa shape index (κ1) is 24.3. The molecule has 0 aliphatic carbocycles. The number of hydrogen-bond acceptors (Lipinski definition) is 4. The summed E-state index contributed by atoms with van der Waals surface area (Å²) in [6.07, 6.45) is 5.09. The van der Waals surface area contributed by atoms with Crippen molar-refractivity contribution in [2.45, 2.75) is 38.8 Å². The van der Waals surface area contributed by atoms with Gasteiger partial charge in [-0.1, -0.05) is 19.1 Å². The van der Waals surface area contributed by atoms with Crippen LogP contribution in [0, 0.1) is 5.82 Å². The van der Waals surface area contributed by atoms with Gasteiger partial charge in [-0.15, -0.1) is 24.0 Å². The molecule has 1 aromatic heterocycles. The Kier molecular flexibility index (Phi) is 10.3. The molecule has 2 aromatic rings. The first-order chi connectivity index (χ1) is 14.2. The number of rotatable bonds is 7. The molecule has 8 heteroatoms. The predicted octanol–water partition coefficient (Wildman–Crippen LogP) is 4.17. The molecular formula is C22H31FIN5O. The number of nitrogens with one attached hydrogen (secondary N) is 2. The highest BCUT2D eigenvalue weighted by Crippen LogP contribution is 2.23. The van der Waals surface area contributed by atoms with E-state index in [2.05, 4.69) is 32.4 Å². The number of piperidine rings is 1. The number of hydrogen-bond donors (Lipinski definition) is 2. The molecule has 164 valence electrons. The number of guanidine groups is 1. The normalized spacial score (nSPS) is 15.4. The molecule has 0 unspecified atom stereocenters. The number of benzene rings is 1. The van der Waals surface area contributed by atoms with Crippen LogP contribution in [-0.4, -0.2) is 48.6 Å². The van der Waals surface area contributed by atoms with Crippen LogP contribution < -0.4 is 15.4 Å². The van der Waals surface area contributed by atoms with Crippen molar-refractivity contribution in [3.63, 3.8) is 0 Å². The third-order valence-corrected chi connectivity index (χ3v) is 5.00. The van der Waals surface area contributed by atoms with E-state index in [9.17, 15) is 4.39 Å². The highest BCUT2D eigenvalue weighted by atomic mass is 127. The van der Waals surface area contributed by atoms with Gasteiger partial charge in [-0.2, -0.15) is 0 Å². The van der Waals surface area contributed by atoms with E-state index in [-0.39, 0.29) is 29.8 Å². The van der Waals surface area contributed by atoms with Gasteiger partial charge in [0.05, 0.1) is 0 Å². The van der Waals surface area contributed by atoms with Gasteiger partial charge in [-0.3, -0.25) is 4.99 Å². The first-order valence-corrected chi connectivity index (χ1v) is 10.2. The Morgan fingerprint density at radius 3 is 2.77 bits per heavy atom. The van der Waals surface area contributed by atoms with Gasteiger partial charge in [0.1, 0.15) is 11.6 Å². The Morgan fingerprint density at radius 2 is 2.07 bits per heavy atom. The maximum atomic E-state index is 13.4. The zero-order valence-corrected chi connectivity index (χ0v) is 19.9. The van der Waals surface area contributed by atoms with Crippen molar-refractivity contribution in [2.75, 3.05) is 26.7 Å². The van der Waals surface area contributed by atoms with E-state index in [0.29, 0.717) is 24.2 Å². The van der Waals surface area contributed by atoms with Crippen LogP contribution in [0.5, 0.6) is 11.6 Å². The topological polar surface area (TPSA) is 61.8 Å². The molecule has 0 bridgehead atoms. The minimum atomic E-state index is -0.340. The van der Waals surface area contributed by atoms with E-state index in [1.165, 1.54) is 25.1 Å². The molecule has 2 N–H and O–H groups in total. The molecule has 1 aliphatic heterocycles. The Labute approximate surface area is 195 Å². The highest BCUT2D eigenvalue weighted by molar-refractivity contribution is 14.0. The largest absolute Gasteiger partial charge is 0.439 e. The Hall–Kier alpha value is -1.94. The molecule has 1 fully saturated rings. The number of halogens is 2. The summed E-state index contributed by atoms with van der Waals surface area (Å²) in [5.41, 5.74) is 0.873. The first-order valence-electron chi connectivity index (χ1n) is 10.2. The van der Waals surface area contributed by atoms with Crippen LogP contribution in [0.4, 0.5) is 4.39 Å². The summed E-state index contributed by atoms with van der Waals surface area (Å²) in [4.78, 5) is 11.2. The molecule has 0 radical (unpaired) electrons. The standard InChI is InChI=1S/C22H30FN5O.HI/c1-3-12-28-13-9-19(10-14-28)27-22(24-2)26-16-17-6-5-11-25-21(17)29-20-8-4-7-18(23)15-20;/h4-8,11,15,19H,3,9-10,12-14,16H2,1-2H3,(H2,24,26,27);1H. The third-order valence-electron chi connectivity index (χ3n) is 5.00. The summed E-state index contributed by atoms with van der Waals surface area (Å²) in [5, 5.41) is 6.85. The van der Waals surface area contributed by atoms with E-state index >= 15 is 0 Å². The second kappa shape index (κ2) is 12.7. The van der Waals surface area contributed by atoms with Gasteiger partial charge in [0.2, 0.25) is 5.88 Å². The van der Waals surface area contributed by atoms with Crippen molar-refractivity contribution in [1.82, 2.24) is 20.5 Å². The molecule has 0 saturated carbocycles. The SMILES string of the molecule is CCCN1CCC(NC(=NC)NCc2cccnc2Oc2cccc(F)c2)CC1.I. The number of pyridine rings is 1. The molecule has 0 amide bonds. The molecule has 0 atom stereocenters. The van der Waals surface area contributed by atoms with Crippen molar-refractivity contribution >= 4 is 29.9 Å². The van der Waals surface area contributed by atoms with Crippen LogP contribution in [0.2, 0.25) is 0 Å². The number of aromatic nitrogens is 1. The summed E-state index contributed by atoms with van der Waals surface area (Å²) in [5.74, 6) is 1.30. The third kappa shape index (κ3) is 7.39.